The highest BCUT2D eigenvalue weighted by Gasteiger charge is 2.18. The fraction of sp³-hybridized carbons (Fsp3) is 0.333. The molecule has 0 aliphatic carbocycles. The molecule has 0 saturated carbocycles. The third-order valence-electron chi connectivity index (χ3n) is 2.38. The molecule has 0 unspecified atom stereocenters. The Hall–Kier alpha value is -1.38. The zero-order valence-electron chi connectivity index (χ0n) is 9.70. The molecule has 0 fully saturated rings. The maximum Gasteiger partial charge on any atom is 0.241 e. The van der Waals surface area contributed by atoms with Crippen molar-refractivity contribution in [1.82, 2.24) is 0 Å². The largest absolute Gasteiger partial charge is 0.323 e. The number of halogens is 1. The van der Waals surface area contributed by atoms with Crippen molar-refractivity contribution in [2.45, 2.75) is 19.9 Å². The van der Waals surface area contributed by atoms with Gasteiger partial charge in [0.1, 0.15) is 6.07 Å². The molecule has 0 spiro atoms. The SMILES string of the molecule is CC(C)[C@H](N)C(=O)Nc1cc(Br)ccc1C#N. The van der Waals surface area contributed by atoms with Gasteiger partial charge in [-0.25, -0.2) is 0 Å². The summed E-state index contributed by atoms with van der Waals surface area (Å²) in [5.41, 5.74) is 6.62. The van der Waals surface area contributed by atoms with Gasteiger partial charge in [0.15, 0.2) is 0 Å². The first-order valence-electron chi connectivity index (χ1n) is 5.21. The lowest BCUT2D eigenvalue weighted by atomic mass is 10.0. The van der Waals surface area contributed by atoms with Crippen LogP contribution in [-0.2, 0) is 4.79 Å². The lowest BCUT2D eigenvalue weighted by Gasteiger charge is -2.16. The summed E-state index contributed by atoms with van der Waals surface area (Å²) < 4.78 is 0.796. The molecular weight excluding hydrogens is 282 g/mol. The monoisotopic (exact) mass is 295 g/mol. The predicted molar refractivity (Wildman–Crippen MR) is 70.3 cm³/mol. The van der Waals surface area contributed by atoms with Gasteiger partial charge in [0.05, 0.1) is 17.3 Å². The minimum absolute atomic E-state index is 0.0488. The van der Waals surface area contributed by atoms with Gasteiger partial charge >= 0.3 is 0 Å². The van der Waals surface area contributed by atoms with Crippen LogP contribution >= 0.6 is 15.9 Å². The summed E-state index contributed by atoms with van der Waals surface area (Å²) in [5, 5.41) is 11.6. The van der Waals surface area contributed by atoms with Gasteiger partial charge in [0, 0.05) is 4.47 Å². The molecule has 90 valence electrons. The molecule has 0 saturated heterocycles. The summed E-state index contributed by atoms with van der Waals surface area (Å²) in [6.07, 6.45) is 0. The first-order chi connectivity index (χ1) is 7.95. The summed E-state index contributed by atoms with van der Waals surface area (Å²) in [5.74, 6) is -0.234. The molecule has 0 radical (unpaired) electrons. The summed E-state index contributed by atoms with van der Waals surface area (Å²) in [6, 6.07) is 6.51. The second kappa shape index (κ2) is 5.80. The normalized spacial score (nSPS) is 12.0. The third kappa shape index (κ3) is 3.55. The van der Waals surface area contributed by atoms with E-state index >= 15 is 0 Å². The van der Waals surface area contributed by atoms with Gasteiger partial charge in [-0.1, -0.05) is 29.8 Å². The number of anilines is 1. The van der Waals surface area contributed by atoms with Gasteiger partial charge in [0.25, 0.3) is 0 Å². The van der Waals surface area contributed by atoms with Crippen LogP contribution in [0.4, 0.5) is 5.69 Å². The number of nitriles is 1. The molecular formula is C12H14BrN3O. The van der Waals surface area contributed by atoms with Gasteiger partial charge in [-0.2, -0.15) is 5.26 Å². The van der Waals surface area contributed by atoms with Crippen molar-refractivity contribution >= 4 is 27.5 Å². The maximum atomic E-state index is 11.8. The van der Waals surface area contributed by atoms with Crippen LogP contribution in [0.5, 0.6) is 0 Å². The topological polar surface area (TPSA) is 78.9 Å². The lowest BCUT2D eigenvalue weighted by Crippen LogP contribution is -2.39. The number of nitrogens with two attached hydrogens (primary N) is 1. The molecule has 5 heteroatoms. The first kappa shape index (κ1) is 13.7. The van der Waals surface area contributed by atoms with Crippen LogP contribution < -0.4 is 11.1 Å². The van der Waals surface area contributed by atoms with Crippen molar-refractivity contribution in [3.63, 3.8) is 0 Å². The quantitative estimate of drug-likeness (QED) is 0.897. The molecule has 0 aliphatic rings. The van der Waals surface area contributed by atoms with Gasteiger partial charge in [-0.15, -0.1) is 0 Å². The predicted octanol–water partition coefficient (Wildman–Crippen LogP) is 2.24. The number of benzene rings is 1. The number of hydrogen-bond donors (Lipinski definition) is 2. The molecule has 17 heavy (non-hydrogen) atoms. The number of amides is 1. The number of nitrogens with zero attached hydrogens (tertiary/aromatic N) is 1. The molecule has 4 nitrogen and oxygen atoms in total. The van der Waals surface area contributed by atoms with E-state index in [1.54, 1.807) is 18.2 Å². The van der Waals surface area contributed by atoms with Crippen LogP contribution in [0.25, 0.3) is 0 Å². The van der Waals surface area contributed by atoms with Crippen LogP contribution in [0.1, 0.15) is 19.4 Å². The minimum Gasteiger partial charge on any atom is -0.323 e. The average Bonchev–Trinajstić information content (AvgIpc) is 2.28. The molecule has 0 heterocycles. The molecule has 0 aromatic heterocycles. The van der Waals surface area contributed by atoms with E-state index in [0.29, 0.717) is 11.3 Å². The number of rotatable bonds is 3. The summed E-state index contributed by atoms with van der Waals surface area (Å²) in [4.78, 5) is 11.8. The van der Waals surface area contributed by atoms with Crippen molar-refractivity contribution < 1.29 is 4.79 Å². The van der Waals surface area contributed by atoms with Crippen LogP contribution in [0, 0.1) is 17.2 Å². The van der Waals surface area contributed by atoms with Crippen LogP contribution in [-0.4, -0.2) is 11.9 Å². The molecule has 0 bridgehead atoms. The van der Waals surface area contributed by atoms with Gasteiger partial charge < -0.3 is 11.1 Å². The number of hydrogen-bond acceptors (Lipinski definition) is 3. The zero-order chi connectivity index (χ0) is 13.0. The van der Waals surface area contributed by atoms with E-state index in [4.69, 9.17) is 11.0 Å². The highest BCUT2D eigenvalue weighted by Crippen LogP contribution is 2.21. The van der Waals surface area contributed by atoms with Gasteiger partial charge in [-0.3, -0.25) is 4.79 Å². The molecule has 1 atom stereocenters. The fourth-order valence-corrected chi connectivity index (χ4v) is 1.60. The maximum absolute atomic E-state index is 11.8. The third-order valence-corrected chi connectivity index (χ3v) is 2.87. The standard InChI is InChI=1S/C12H14BrN3O/c1-7(2)11(15)12(17)16-10-5-9(13)4-3-8(10)6-14/h3-5,7,11H,15H2,1-2H3,(H,16,17)/t11-/m0/s1. The van der Waals surface area contributed by atoms with Crippen LogP contribution in [0.15, 0.2) is 22.7 Å². The molecule has 1 amide bonds. The van der Waals surface area contributed by atoms with E-state index in [1.165, 1.54) is 0 Å². The van der Waals surface area contributed by atoms with E-state index in [-0.39, 0.29) is 11.8 Å². The van der Waals surface area contributed by atoms with Crippen LogP contribution in [0.3, 0.4) is 0 Å². The average molecular weight is 296 g/mol. The van der Waals surface area contributed by atoms with E-state index < -0.39 is 6.04 Å². The molecule has 3 N–H and O–H groups in total. The van der Waals surface area contributed by atoms with Crippen molar-refractivity contribution in [3.8, 4) is 6.07 Å². The Kier molecular flexibility index (Phi) is 4.67. The Morgan fingerprint density at radius 1 is 1.53 bits per heavy atom. The van der Waals surface area contributed by atoms with E-state index in [1.807, 2.05) is 19.9 Å². The molecule has 1 rings (SSSR count). The molecule has 1 aromatic rings. The Balaban J connectivity index is 2.92. The number of nitrogens with one attached hydrogen (secondary N) is 1. The van der Waals surface area contributed by atoms with Crippen molar-refractivity contribution in [2.75, 3.05) is 5.32 Å². The van der Waals surface area contributed by atoms with E-state index in [2.05, 4.69) is 21.2 Å². The van der Waals surface area contributed by atoms with Crippen molar-refractivity contribution in [1.29, 1.82) is 5.26 Å². The molecule has 0 aliphatic heterocycles. The summed E-state index contributed by atoms with van der Waals surface area (Å²) in [6.45, 7) is 3.74. The highest BCUT2D eigenvalue weighted by molar-refractivity contribution is 9.10. The van der Waals surface area contributed by atoms with Gasteiger partial charge in [0.2, 0.25) is 5.91 Å². The van der Waals surface area contributed by atoms with Crippen molar-refractivity contribution in [2.24, 2.45) is 11.7 Å². The number of carbonyl (C=O) groups is 1. The van der Waals surface area contributed by atoms with E-state index in [9.17, 15) is 4.79 Å². The van der Waals surface area contributed by atoms with Gasteiger partial charge in [-0.05, 0) is 24.1 Å². The highest BCUT2D eigenvalue weighted by atomic mass is 79.9. The van der Waals surface area contributed by atoms with Crippen LogP contribution in [0.2, 0.25) is 0 Å². The molecule has 1 aromatic carbocycles. The lowest BCUT2D eigenvalue weighted by molar-refractivity contribution is -0.118. The summed E-state index contributed by atoms with van der Waals surface area (Å²) in [7, 11) is 0. The van der Waals surface area contributed by atoms with Crippen molar-refractivity contribution in [3.05, 3.63) is 28.2 Å². The minimum atomic E-state index is -0.583. The second-order valence-corrected chi connectivity index (χ2v) is 4.98. The number of carbonyl (C=O) groups excluding carboxylic acids is 1. The second-order valence-electron chi connectivity index (χ2n) is 4.06. The summed E-state index contributed by atoms with van der Waals surface area (Å²) >= 11 is 3.29. The Morgan fingerprint density at radius 2 is 2.18 bits per heavy atom. The first-order valence-corrected chi connectivity index (χ1v) is 6.01. The fourth-order valence-electron chi connectivity index (χ4n) is 1.24. The smallest absolute Gasteiger partial charge is 0.241 e. The zero-order valence-corrected chi connectivity index (χ0v) is 11.3. The van der Waals surface area contributed by atoms with E-state index in [0.717, 1.165) is 4.47 Å². The Morgan fingerprint density at radius 3 is 2.71 bits per heavy atom. The Labute approximate surface area is 109 Å². The Bertz CT molecular complexity index is 465.